The Morgan fingerprint density at radius 3 is 2.60 bits per heavy atom. The lowest BCUT2D eigenvalue weighted by Gasteiger charge is -2.28. The van der Waals surface area contributed by atoms with Crippen LogP contribution in [0.25, 0.3) is 0 Å². The van der Waals surface area contributed by atoms with Crippen molar-refractivity contribution >= 4 is 34.8 Å². The van der Waals surface area contributed by atoms with Gasteiger partial charge in [0.2, 0.25) is 5.91 Å². The summed E-state index contributed by atoms with van der Waals surface area (Å²) in [5, 5.41) is 4.82. The Hall–Kier alpha value is -2.79. The first kappa shape index (κ1) is 17.0. The number of hydrogen-bond donors (Lipinski definition) is 2. The van der Waals surface area contributed by atoms with Crippen molar-refractivity contribution in [3.05, 3.63) is 70.4 Å². The molecule has 0 spiro atoms. The van der Waals surface area contributed by atoms with Crippen LogP contribution < -0.4 is 15.8 Å². The molecular formula is C19H18ClN3O2. The van der Waals surface area contributed by atoms with Crippen molar-refractivity contribution in [2.45, 2.75) is 20.3 Å². The van der Waals surface area contributed by atoms with E-state index in [1.165, 1.54) is 5.01 Å². The number of rotatable bonds is 3. The fourth-order valence-corrected chi connectivity index (χ4v) is 2.64. The van der Waals surface area contributed by atoms with E-state index < -0.39 is 0 Å². The average molecular weight is 356 g/mol. The molecule has 0 saturated carbocycles. The Labute approximate surface area is 151 Å². The van der Waals surface area contributed by atoms with Crippen LogP contribution in [0.1, 0.15) is 17.5 Å². The van der Waals surface area contributed by atoms with Crippen molar-refractivity contribution in [2.75, 3.05) is 10.3 Å². The second-order valence-electron chi connectivity index (χ2n) is 5.91. The first-order chi connectivity index (χ1) is 11.9. The molecule has 1 aliphatic heterocycles. The third kappa shape index (κ3) is 3.83. The SMILES string of the molecule is Cc1ccc(C)c(NC(=O)C2=CCC(=O)N(c3ccc(Cl)cc3)N2)c1. The quantitative estimate of drug-likeness (QED) is 0.882. The molecule has 0 aliphatic carbocycles. The summed E-state index contributed by atoms with van der Waals surface area (Å²) < 4.78 is 0. The number of aryl methyl sites for hydroxylation is 2. The highest BCUT2D eigenvalue weighted by Crippen LogP contribution is 2.21. The van der Waals surface area contributed by atoms with E-state index in [-0.39, 0.29) is 18.2 Å². The molecular weight excluding hydrogens is 338 g/mol. The Morgan fingerprint density at radius 2 is 1.88 bits per heavy atom. The van der Waals surface area contributed by atoms with Gasteiger partial charge < -0.3 is 5.32 Å². The Bertz CT molecular complexity index is 859. The van der Waals surface area contributed by atoms with Crippen LogP contribution in [0.2, 0.25) is 5.02 Å². The number of anilines is 2. The van der Waals surface area contributed by atoms with Crippen molar-refractivity contribution in [1.29, 1.82) is 0 Å². The molecule has 0 radical (unpaired) electrons. The molecule has 2 N–H and O–H groups in total. The Balaban J connectivity index is 1.78. The third-order valence-electron chi connectivity index (χ3n) is 3.93. The highest BCUT2D eigenvalue weighted by Gasteiger charge is 2.24. The van der Waals surface area contributed by atoms with Gasteiger partial charge in [0.05, 0.1) is 5.69 Å². The number of nitrogens with zero attached hydrogens (tertiary/aromatic N) is 1. The van der Waals surface area contributed by atoms with Crippen LogP contribution in [0.5, 0.6) is 0 Å². The maximum Gasteiger partial charge on any atom is 0.273 e. The van der Waals surface area contributed by atoms with Gasteiger partial charge in [0.1, 0.15) is 5.70 Å². The third-order valence-corrected chi connectivity index (χ3v) is 4.19. The number of carbonyl (C=O) groups is 2. The van der Waals surface area contributed by atoms with Crippen molar-refractivity contribution in [3.8, 4) is 0 Å². The Morgan fingerprint density at radius 1 is 1.16 bits per heavy atom. The summed E-state index contributed by atoms with van der Waals surface area (Å²) >= 11 is 5.88. The lowest BCUT2D eigenvalue weighted by molar-refractivity contribution is -0.119. The summed E-state index contributed by atoms with van der Waals surface area (Å²) in [5.41, 5.74) is 6.62. The summed E-state index contributed by atoms with van der Waals surface area (Å²) in [7, 11) is 0. The van der Waals surface area contributed by atoms with Gasteiger partial charge in [-0.25, -0.2) is 5.01 Å². The monoisotopic (exact) mass is 355 g/mol. The van der Waals surface area contributed by atoms with Gasteiger partial charge >= 0.3 is 0 Å². The molecule has 2 amide bonds. The zero-order chi connectivity index (χ0) is 18.0. The van der Waals surface area contributed by atoms with Crippen LogP contribution in [-0.4, -0.2) is 11.8 Å². The van der Waals surface area contributed by atoms with Gasteiger partial charge in [0, 0.05) is 17.1 Å². The molecule has 5 nitrogen and oxygen atoms in total. The molecule has 2 aromatic carbocycles. The van der Waals surface area contributed by atoms with Crippen LogP contribution in [0, 0.1) is 13.8 Å². The lowest BCUT2D eigenvalue weighted by Crippen LogP contribution is -2.47. The second kappa shape index (κ2) is 6.99. The molecule has 25 heavy (non-hydrogen) atoms. The van der Waals surface area contributed by atoms with Gasteiger partial charge in [-0.15, -0.1) is 0 Å². The molecule has 6 heteroatoms. The van der Waals surface area contributed by atoms with Crippen LogP contribution in [-0.2, 0) is 9.59 Å². The number of amides is 2. The molecule has 3 rings (SSSR count). The number of hydrazine groups is 1. The largest absolute Gasteiger partial charge is 0.320 e. The highest BCUT2D eigenvalue weighted by atomic mass is 35.5. The molecule has 128 valence electrons. The van der Waals surface area contributed by atoms with Gasteiger partial charge in [0.15, 0.2) is 0 Å². The number of halogens is 1. The van der Waals surface area contributed by atoms with Gasteiger partial charge in [-0.3, -0.25) is 15.0 Å². The number of nitrogens with one attached hydrogen (secondary N) is 2. The molecule has 0 bridgehead atoms. The summed E-state index contributed by atoms with van der Waals surface area (Å²) in [5.74, 6) is -0.439. The molecule has 1 aliphatic rings. The van der Waals surface area contributed by atoms with Crippen molar-refractivity contribution < 1.29 is 9.59 Å². The molecule has 0 fully saturated rings. The minimum absolute atomic E-state index is 0.144. The average Bonchev–Trinajstić information content (AvgIpc) is 2.59. The van der Waals surface area contributed by atoms with Crippen molar-refractivity contribution in [1.82, 2.24) is 5.43 Å². The first-order valence-corrected chi connectivity index (χ1v) is 8.26. The maximum atomic E-state index is 12.6. The fourth-order valence-electron chi connectivity index (χ4n) is 2.51. The summed E-state index contributed by atoms with van der Waals surface area (Å²) in [6.07, 6.45) is 1.74. The molecule has 1 heterocycles. The predicted molar refractivity (Wildman–Crippen MR) is 99.3 cm³/mol. The van der Waals surface area contributed by atoms with Crippen molar-refractivity contribution in [3.63, 3.8) is 0 Å². The summed E-state index contributed by atoms with van der Waals surface area (Å²) in [6.45, 7) is 3.90. The molecule has 0 unspecified atom stereocenters. The number of carbonyl (C=O) groups excluding carboxylic acids is 2. The molecule has 0 saturated heterocycles. The van der Waals surface area contributed by atoms with Crippen LogP contribution >= 0.6 is 11.6 Å². The Kier molecular flexibility index (Phi) is 4.76. The highest BCUT2D eigenvalue weighted by molar-refractivity contribution is 6.30. The van der Waals surface area contributed by atoms with E-state index in [9.17, 15) is 9.59 Å². The number of hydrogen-bond acceptors (Lipinski definition) is 3. The van der Waals surface area contributed by atoms with Gasteiger partial charge in [0.25, 0.3) is 5.91 Å². The van der Waals surface area contributed by atoms with Gasteiger partial charge in [-0.2, -0.15) is 0 Å². The van der Waals surface area contributed by atoms with E-state index in [2.05, 4.69) is 10.7 Å². The smallest absolute Gasteiger partial charge is 0.273 e. The molecule has 0 aromatic heterocycles. The van der Waals surface area contributed by atoms with Crippen LogP contribution in [0.4, 0.5) is 11.4 Å². The second-order valence-corrected chi connectivity index (χ2v) is 6.35. The summed E-state index contributed by atoms with van der Waals surface area (Å²) in [4.78, 5) is 24.7. The topological polar surface area (TPSA) is 61.4 Å². The van der Waals surface area contributed by atoms with E-state index in [1.807, 2.05) is 32.0 Å². The van der Waals surface area contributed by atoms with E-state index >= 15 is 0 Å². The first-order valence-electron chi connectivity index (χ1n) is 7.88. The maximum absolute atomic E-state index is 12.6. The number of benzene rings is 2. The molecule has 2 aromatic rings. The minimum Gasteiger partial charge on any atom is -0.320 e. The van der Waals surface area contributed by atoms with E-state index in [1.54, 1.807) is 30.3 Å². The van der Waals surface area contributed by atoms with Crippen LogP contribution in [0.15, 0.2) is 54.2 Å². The zero-order valence-corrected chi connectivity index (χ0v) is 14.7. The summed E-state index contributed by atoms with van der Waals surface area (Å²) in [6, 6.07) is 12.7. The van der Waals surface area contributed by atoms with E-state index in [4.69, 9.17) is 11.6 Å². The van der Waals surface area contributed by atoms with Gasteiger partial charge in [-0.1, -0.05) is 23.7 Å². The van der Waals surface area contributed by atoms with Gasteiger partial charge in [-0.05, 0) is 61.4 Å². The normalized spacial score (nSPS) is 14.0. The predicted octanol–water partition coefficient (Wildman–Crippen LogP) is 3.72. The lowest BCUT2D eigenvalue weighted by atomic mass is 10.1. The molecule has 0 atom stereocenters. The fraction of sp³-hybridized carbons (Fsp3) is 0.158. The van der Waals surface area contributed by atoms with E-state index in [0.29, 0.717) is 16.4 Å². The standard InChI is InChI=1S/C19H18ClN3O2/c1-12-3-4-13(2)17(11-12)21-19(25)16-9-10-18(24)23(22-16)15-7-5-14(20)6-8-15/h3-9,11,22H,10H2,1-2H3,(H,21,25). The van der Waals surface area contributed by atoms with E-state index in [0.717, 1.165) is 16.8 Å². The van der Waals surface area contributed by atoms with Crippen LogP contribution in [0.3, 0.4) is 0 Å². The minimum atomic E-state index is -0.292. The van der Waals surface area contributed by atoms with Crippen molar-refractivity contribution in [2.24, 2.45) is 0 Å². The zero-order valence-electron chi connectivity index (χ0n) is 14.0.